The molecule has 0 fully saturated rings. The van der Waals surface area contributed by atoms with Gasteiger partial charge >= 0.3 is 0 Å². The second-order valence-corrected chi connectivity index (χ2v) is 4.08. The van der Waals surface area contributed by atoms with Crippen molar-refractivity contribution in [3.05, 3.63) is 29.3 Å². The van der Waals surface area contributed by atoms with Gasteiger partial charge in [-0.2, -0.15) is 0 Å². The summed E-state index contributed by atoms with van der Waals surface area (Å²) in [6.45, 7) is 4.21. The molecule has 1 rings (SSSR count). The second kappa shape index (κ2) is 7.53. The lowest BCUT2D eigenvalue weighted by Gasteiger charge is -2.11. The Morgan fingerprint density at radius 1 is 1.38 bits per heavy atom. The number of rotatable bonds is 5. The summed E-state index contributed by atoms with van der Waals surface area (Å²) >= 11 is 0. The summed E-state index contributed by atoms with van der Waals surface area (Å²) < 4.78 is 5.33. The number of hydrogen-bond acceptors (Lipinski definition) is 2. The molecule has 0 radical (unpaired) electrons. The Kier molecular flexibility index (Phi) is 7.18. The first kappa shape index (κ1) is 15.3. The zero-order valence-corrected chi connectivity index (χ0v) is 11.1. The molecule has 0 aliphatic rings. The van der Waals surface area contributed by atoms with Crippen molar-refractivity contribution in [1.82, 2.24) is 0 Å². The molecule has 1 unspecified atom stereocenters. The zero-order valence-electron chi connectivity index (χ0n) is 10.3. The molecule has 0 aliphatic carbocycles. The third kappa shape index (κ3) is 4.42. The molecule has 1 atom stereocenters. The highest BCUT2D eigenvalue weighted by Gasteiger charge is 2.04. The van der Waals surface area contributed by atoms with Gasteiger partial charge in [-0.05, 0) is 37.0 Å². The van der Waals surface area contributed by atoms with E-state index in [9.17, 15) is 0 Å². The maximum Gasteiger partial charge on any atom is 0.122 e. The zero-order chi connectivity index (χ0) is 11.3. The lowest BCUT2D eigenvalue weighted by atomic mass is 10.0. The molecule has 2 N–H and O–H groups in total. The average molecular weight is 244 g/mol. The number of hydrogen-bond donors (Lipinski definition) is 1. The first-order chi connectivity index (χ1) is 7.17. The SMILES string of the molecule is CCCc1cc(CC(C)N)ccc1OC.Cl. The van der Waals surface area contributed by atoms with E-state index in [0.29, 0.717) is 0 Å². The molecule has 0 aliphatic heterocycles. The summed E-state index contributed by atoms with van der Waals surface area (Å²) in [6.07, 6.45) is 3.13. The lowest BCUT2D eigenvalue weighted by Crippen LogP contribution is -2.17. The van der Waals surface area contributed by atoms with Gasteiger partial charge in [-0.25, -0.2) is 0 Å². The predicted molar refractivity (Wildman–Crippen MR) is 71.6 cm³/mol. The fraction of sp³-hybridized carbons (Fsp3) is 0.538. The van der Waals surface area contributed by atoms with E-state index in [0.717, 1.165) is 25.0 Å². The number of nitrogens with two attached hydrogens (primary N) is 1. The van der Waals surface area contributed by atoms with Gasteiger partial charge in [0.25, 0.3) is 0 Å². The highest BCUT2D eigenvalue weighted by atomic mass is 35.5. The number of halogens is 1. The van der Waals surface area contributed by atoms with Gasteiger partial charge in [0, 0.05) is 6.04 Å². The van der Waals surface area contributed by atoms with Crippen molar-refractivity contribution in [2.45, 2.75) is 39.2 Å². The summed E-state index contributed by atoms with van der Waals surface area (Å²) in [6, 6.07) is 6.57. The molecule has 92 valence electrons. The number of aryl methyl sites for hydroxylation is 1. The molecule has 3 heteroatoms. The van der Waals surface area contributed by atoms with Crippen LogP contribution in [0.4, 0.5) is 0 Å². The van der Waals surface area contributed by atoms with Gasteiger partial charge in [-0.3, -0.25) is 0 Å². The van der Waals surface area contributed by atoms with E-state index >= 15 is 0 Å². The van der Waals surface area contributed by atoms with Gasteiger partial charge in [0.05, 0.1) is 7.11 Å². The molecule has 2 nitrogen and oxygen atoms in total. The standard InChI is InChI=1S/C13H21NO.ClH/c1-4-5-12-9-11(8-10(2)14)6-7-13(12)15-3;/h6-7,9-10H,4-5,8,14H2,1-3H3;1H. The monoisotopic (exact) mass is 243 g/mol. The van der Waals surface area contributed by atoms with Gasteiger partial charge in [-0.1, -0.05) is 25.5 Å². The molecule has 1 aromatic rings. The number of benzene rings is 1. The largest absolute Gasteiger partial charge is 0.496 e. The maximum atomic E-state index is 5.79. The highest BCUT2D eigenvalue weighted by molar-refractivity contribution is 5.85. The van der Waals surface area contributed by atoms with E-state index in [1.165, 1.54) is 11.1 Å². The Bertz CT molecular complexity index is 313. The normalized spacial score (nSPS) is 11.8. The van der Waals surface area contributed by atoms with Crippen LogP contribution in [0.3, 0.4) is 0 Å². The van der Waals surface area contributed by atoms with Gasteiger partial charge < -0.3 is 10.5 Å². The Balaban J connectivity index is 0.00000225. The molecule has 0 saturated heterocycles. The van der Waals surface area contributed by atoms with Gasteiger partial charge in [0.1, 0.15) is 5.75 Å². The summed E-state index contributed by atoms with van der Waals surface area (Å²) in [4.78, 5) is 0. The molecule has 1 aromatic carbocycles. The fourth-order valence-electron chi connectivity index (χ4n) is 1.80. The summed E-state index contributed by atoms with van der Waals surface area (Å²) in [5.41, 5.74) is 8.38. The first-order valence-corrected chi connectivity index (χ1v) is 5.58. The average Bonchev–Trinajstić information content (AvgIpc) is 2.18. The van der Waals surface area contributed by atoms with Crippen LogP contribution in [-0.2, 0) is 12.8 Å². The molecule has 0 aromatic heterocycles. The van der Waals surface area contributed by atoms with E-state index in [1.807, 2.05) is 13.0 Å². The molecule has 0 heterocycles. The molecule has 16 heavy (non-hydrogen) atoms. The molecule has 0 bridgehead atoms. The molecular formula is C13H22ClNO. The van der Waals surface area contributed by atoms with Crippen molar-refractivity contribution in [3.8, 4) is 5.75 Å². The van der Waals surface area contributed by atoms with E-state index < -0.39 is 0 Å². The second-order valence-electron chi connectivity index (χ2n) is 4.08. The third-order valence-corrected chi connectivity index (χ3v) is 2.42. The highest BCUT2D eigenvalue weighted by Crippen LogP contribution is 2.21. The van der Waals surface area contributed by atoms with Crippen LogP contribution in [0, 0.1) is 0 Å². The van der Waals surface area contributed by atoms with Crippen LogP contribution in [0.2, 0.25) is 0 Å². The van der Waals surface area contributed by atoms with Crippen LogP contribution < -0.4 is 10.5 Å². The topological polar surface area (TPSA) is 35.2 Å². The summed E-state index contributed by atoms with van der Waals surface area (Å²) in [7, 11) is 1.72. The van der Waals surface area contributed by atoms with Crippen molar-refractivity contribution >= 4 is 12.4 Å². The Morgan fingerprint density at radius 2 is 2.06 bits per heavy atom. The van der Waals surface area contributed by atoms with Crippen molar-refractivity contribution in [3.63, 3.8) is 0 Å². The molecule has 0 saturated carbocycles. The third-order valence-electron chi connectivity index (χ3n) is 2.42. The van der Waals surface area contributed by atoms with Crippen LogP contribution in [0.15, 0.2) is 18.2 Å². The number of methoxy groups -OCH3 is 1. The quantitative estimate of drug-likeness (QED) is 0.863. The van der Waals surface area contributed by atoms with Crippen LogP contribution in [0.1, 0.15) is 31.4 Å². The summed E-state index contributed by atoms with van der Waals surface area (Å²) in [5, 5.41) is 0. The maximum absolute atomic E-state index is 5.79. The van der Waals surface area contributed by atoms with E-state index in [1.54, 1.807) is 7.11 Å². The molecular weight excluding hydrogens is 222 g/mol. The fourth-order valence-corrected chi connectivity index (χ4v) is 1.80. The lowest BCUT2D eigenvalue weighted by molar-refractivity contribution is 0.409. The van der Waals surface area contributed by atoms with Crippen molar-refractivity contribution in [2.75, 3.05) is 7.11 Å². The Labute approximate surface area is 105 Å². The van der Waals surface area contributed by atoms with Crippen LogP contribution >= 0.6 is 12.4 Å². The van der Waals surface area contributed by atoms with Crippen molar-refractivity contribution in [1.29, 1.82) is 0 Å². The number of ether oxygens (including phenoxy) is 1. The van der Waals surface area contributed by atoms with Crippen LogP contribution in [0.5, 0.6) is 5.75 Å². The van der Waals surface area contributed by atoms with Gasteiger partial charge in [-0.15, -0.1) is 12.4 Å². The minimum atomic E-state index is 0. The van der Waals surface area contributed by atoms with Crippen molar-refractivity contribution in [2.24, 2.45) is 5.73 Å². The van der Waals surface area contributed by atoms with Crippen molar-refractivity contribution < 1.29 is 4.74 Å². The first-order valence-electron chi connectivity index (χ1n) is 5.58. The smallest absolute Gasteiger partial charge is 0.122 e. The van der Waals surface area contributed by atoms with Gasteiger partial charge in [0.15, 0.2) is 0 Å². The minimum absolute atomic E-state index is 0. The molecule has 0 amide bonds. The van der Waals surface area contributed by atoms with Gasteiger partial charge in [0.2, 0.25) is 0 Å². The van der Waals surface area contributed by atoms with Crippen LogP contribution in [0.25, 0.3) is 0 Å². The van der Waals surface area contributed by atoms with E-state index in [2.05, 4.69) is 19.1 Å². The summed E-state index contributed by atoms with van der Waals surface area (Å²) in [5.74, 6) is 0.991. The Hall–Kier alpha value is -0.730. The minimum Gasteiger partial charge on any atom is -0.496 e. The predicted octanol–water partition coefficient (Wildman–Crippen LogP) is 2.96. The van der Waals surface area contributed by atoms with E-state index in [4.69, 9.17) is 10.5 Å². The van der Waals surface area contributed by atoms with Crippen LogP contribution in [-0.4, -0.2) is 13.2 Å². The van der Waals surface area contributed by atoms with E-state index in [-0.39, 0.29) is 18.4 Å². The molecule has 0 spiro atoms. The Morgan fingerprint density at radius 3 is 2.56 bits per heavy atom.